The number of benzene rings is 1. The minimum atomic E-state index is 0.410. The van der Waals surface area contributed by atoms with Crippen molar-refractivity contribution in [3.8, 4) is 0 Å². The van der Waals surface area contributed by atoms with E-state index in [0.717, 1.165) is 5.56 Å². The molecule has 2 heterocycles. The van der Waals surface area contributed by atoms with Crippen LogP contribution in [0.2, 0.25) is 10.0 Å². The number of hydrogen-bond acceptors (Lipinski definition) is 5. The van der Waals surface area contributed by atoms with Crippen LogP contribution in [-0.4, -0.2) is 24.1 Å². The quantitative estimate of drug-likeness (QED) is 0.928. The van der Waals surface area contributed by atoms with Crippen LogP contribution in [0.5, 0.6) is 0 Å². The van der Waals surface area contributed by atoms with Gasteiger partial charge in [0.15, 0.2) is 0 Å². The predicted octanol–water partition coefficient (Wildman–Crippen LogP) is 3.80. The number of anilines is 1. The summed E-state index contributed by atoms with van der Waals surface area (Å²) in [7, 11) is 0. The number of halogens is 2. The predicted molar refractivity (Wildman–Crippen MR) is 82.6 cm³/mol. The lowest BCUT2D eigenvalue weighted by Gasteiger charge is -2.20. The molecule has 110 valence electrons. The first-order valence-corrected chi connectivity index (χ1v) is 7.16. The Hall–Kier alpha value is -1.69. The van der Waals surface area contributed by atoms with E-state index in [9.17, 15) is 0 Å². The summed E-state index contributed by atoms with van der Waals surface area (Å²) in [5.74, 6) is 0.591. The van der Waals surface area contributed by atoms with Crippen molar-refractivity contribution in [1.82, 2.24) is 5.06 Å². The molecule has 5 nitrogen and oxygen atoms in total. The molecule has 7 heteroatoms. The van der Waals surface area contributed by atoms with Gasteiger partial charge in [-0.15, -0.1) is 0 Å². The van der Waals surface area contributed by atoms with Gasteiger partial charge in [-0.2, -0.15) is 0 Å². The van der Waals surface area contributed by atoms with E-state index in [0.29, 0.717) is 41.4 Å². The smallest absolute Gasteiger partial charge is 0.223 e. The zero-order valence-electron chi connectivity index (χ0n) is 11.1. The molecule has 1 aliphatic rings. The van der Waals surface area contributed by atoms with Crippen molar-refractivity contribution in [3.63, 3.8) is 0 Å². The summed E-state index contributed by atoms with van der Waals surface area (Å²) in [6, 6.07) is 7.18. The largest absolute Gasteiger partial charge is 0.472 e. The van der Waals surface area contributed by atoms with Crippen molar-refractivity contribution >= 4 is 34.8 Å². The molecular formula is C14H13Cl2N3O2. The first kappa shape index (κ1) is 14.3. The Kier molecular flexibility index (Phi) is 4.34. The molecule has 3 rings (SSSR count). The summed E-state index contributed by atoms with van der Waals surface area (Å²) >= 11 is 12.3. The fourth-order valence-corrected chi connectivity index (χ4v) is 2.41. The summed E-state index contributed by atoms with van der Waals surface area (Å²) in [4.78, 5) is 10.1. The van der Waals surface area contributed by atoms with Gasteiger partial charge in [-0.05, 0) is 18.2 Å². The molecule has 21 heavy (non-hydrogen) atoms. The Labute approximate surface area is 132 Å². The first-order chi connectivity index (χ1) is 10.2. The number of rotatable bonds is 4. The van der Waals surface area contributed by atoms with Gasteiger partial charge in [0, 0.05) is 5.56 Å². The average Bonchev–Trinajstić information content (AvgIpc) is 3.12. The number of hydrogen-bond donors (Lipinski definition) is 1. The molecule has 1 aromatic heterocycles. The maximum atomic E-state index is 6.14. The molecule has 0 amide bonds. The molecule has 0 saturated heterocycles. The van der Waals surface area contributed by atoms with Gasteiger partial charge in [-0.3, -0.25) is 4.84 Å². The van der Waals surface area contributed by atoms with Gasteiger partial charge in [0.2, 0.25) is 5.96 Å². The third-order valence-corrected chi connectivity index (χ3v) is 3.60. The molecular weight excluding hydrogens is 313 g/mol. The van der Waals surface area contributed by atoms with Crippen molar-refractivity contribution in [2.24, 2.45) is 4.99 Å². The molecule has 1 aliphatic heterocycles. The third kappa shape index (κ3) is 3.32. The highest BCUT2D eigenvalue weighted by Crippen LogP contribution is 2.30. The molecule has 0 saturated carbocycles. The van der Waals surface area contributed by atoms with Crippen molar-refractivity contribution in [3.05, 3.63) is 52.4 Å². The maximum absolute atomic E-state index is 6.14. The van der Waals surface area contributed by atoms with E-state index in [1.54, 1.807) is 35.8 Å². The van der Waals surface area contributed by atoms with Gasteiger partial charge >= 0.3 is 0 Å². The molecule has 0 bridgehead atoms. The van der Waals surface area contributed by atoms with Crippen molar-refractivity contribution in [2.45, 2.75) is 6.61 Å². The molecule has 0 spiro atoms. The van der Waals surface area contributed by atoms with Gasteiger partial charge in [0.05, 0.1) is 41.3 Å². The summed E-state index contributed by atoms with van der Waals surface area (Å²) in [5.41, 5.74) is 1.58. The molecule has 2 aromatic rings. The van der Waals surface area contributed by atoms with Gasteiger partial charge in [0.1, 0.15) is 6.61 Å². The van der Waals surface area contributed by atoms with Crippen LogP contribution in [0.4, 0.5) is 5.69 Å². The van der Waals surface area contributed by atoms with Crippen LogP contribution in [0, 0.1) is 0 Å². The van der Waals surface area contributed by atoms with E-state index in [1.165, 1.54) is 0 Å². The normalized spacial score (nSPS) is 14.4. The summed E-state index contributed by atoms with van der Waals surface area (Å²) in [6.45, 7) is 1.73. The Balaban J connectivity index is 1.67. The zero-order chi connectivity index (χ0) is 14.7. The van der Waals surface area contributed by atoms with E-state index >= 15 is 0 Å². The molecule has 0 aliphatic carbocycles. The maximum Gasteiger partial charge on any atom is 0.223 e. The molecule has 0 atom stereocenters. The Morgan fingerprint density at radius 2 is 2.10 bits per heavy atom. The first-order valence-electron chi connectivity index (χ1n) is 6.41. The highest BCUT2D eigenvalue weighted by atomic mass is 35.5. The van der Waals surface area contributed by atoms with Crippen LogP contribution in [0.15, 0.2) is 46.2 Å². The standard InChI is InChI=1S/C14H13Cl2N3O2/c15-11-2-1-3-12(16)13(11)18-14-17-5-6-19(14)21-9-10-4-7-20-8-10/h1-4,7-8H,5-6,9H2,(H,17,18). The van der Waals surface area contributed by atoms with Gasteiger partial charge in [-0.1, -0.05) is 29.3 Å². The van der Waals surface area contributed by atoms with E-state index in [-0.39, 0.29) is 0 Å². The van der Waals surface area contributed by atoms with E-state index < -0.39 is 0 Å². The van der Waals surface area contributed by atoms with Crippen LogP contribution in [0.25, 0.3) is 0 Å². The Morgan fingerprint density at radius 1 is 1.29 bits per heavy atom. The number of aliphatic imine (C=N–C) groups is 1. The lowest BCUT2D eigenvalue weighted by atomic mass is 10.3. The minimum Gasteiger partial charge on any atom is -0.472 e. The summed E-state index contributed by atoms with van der Waals surface area (Å²) < 4.78 is 5.00. The van der Waals surface area contributed by atoms with E-state index in [4.69, 9.17) is 32.5 Å². The lowest BCUT2D eigenvalue weighted by molar-refractivity contribution is -0.103. The van der Waals surface area contributed by atoms with Gasteiger partial charge in [0.25, 0.3) is 0 Å². The van der Waals surface area contributed by atoms with E-state index in [1.807, 2.05) is 6.07 Å². The zero-order valence-corrected chi connectivity index (χ0v) is 12.6. The number of furan rings is 1. The minimum absolute atomic E-state index is 0.410. The van der Waals surface area contributed by atoms with Gasteiger partial charge < -0.3 is 9.73 Å². The SMILES string of the molecule is Clc1cccc(Cl)c1NC1=NCCN1OCc1ccoc1. The second kappa shape index (κ2) is 6.39. The highest BCUT2D eigenvalue weighted by molar-refractivity contribution is 6.39. The second-order valence-electron chi connectivity index (χ2n) is 4.43. The average molecular weight is 326 g/mol. The fraction of sp³-hybridized carbons (Fsp3) is 0.214. The van der Waals surface area contributed by atoms with Crippen molar-refractivity contribution in [2.75, 3.05) is 18.4 Å². The van der Waals surface area contributed by atoms with Crippen LogP contribution in [-0.2, 0) is 11.4 Å². The monoisotopic (exact) mass is 325 g/mol. The van der Waals surface area contributed by atoms with Gasteiger partial charge in [-0.25, -0.2) is 10.1 Å². The topological polar surface area (TPSA) is 50.0 Å². The Bertz CT molecular complexity index is 623. The number of hydroxylamine groups is 2. The van der Waals surface area contributed by atoms with Crippen molar-refractivity contribution < 1.29 is 9.25 Å². The lowest BCUT2D eigenvalue weighted by Crippen LogP contribution is -2.33. The fourth-order valence-electron chi connectivity index (χ4n) is 1.92. The highest BCUT2D eigenvalue weighted by Gasteiger charge is 2.20. The molecule has 0 fully saturated rings. The molecule has 0 unspecified atom stereocenters. The molecule has 1 N–H and O–H groups in total. The van der Waals surface area contributed by atoms with Crippen molar-refractivity contribution in [1.29, 1.82) is 0 Å². The number of nitrogens with one attached hydrogen (secondary N) is 1. The Morgan fingerprint density at radius 3 is 2.81 bits per heavy atom. The number of para-hydroxylation sites is 1. The second-order valence-corrected chi connectivity index (χ2v) is 5.25. The van der Waals surface area contributed by atoms with Crippen LogP contribution in [0.1, 0.15) is 5.56 Å². The summed E-state index contributed by atoms with van der Waals surface area (Å²) in [5, 5.41) is 5.88. The van der Waals surface area contributed by atoms with Crippen LogP contribution < -0.4 is 5.32 Å². The van der Waals surface area contributed by atoms with E-state index in [2.05, 4.69) is 10.3 Å². The summed E-state index contributed by atoms with van der Waals surface area (Å²) in [6.07, 6.45) is 3.25. The van der Waals surface area contributed by atoms with Crippen LogP contribution in [0.3, 0.4) is 0 Å². The number of nitrogens with zero attached hydrogens (tertiary/aromatic N) is 2. The molecule has 1 aromatic carbocycles. The third-order valence-electron chi connectivity index (χ3n) is 2.97. The molecule has 0 radical (unpaired) electrons. The number of guanidine groups is 1. The van der Waals surface area contributed by atoms with Crippen LogP contribution >= 0.6 is 23.2 Å².